The van der Waals surface area contributed by atoms with Crippen LogP contribution < -0.4 is 10.0 Å². The van der Waals surface area contributed by atoms with E-state index in [2.05, 4.69) is 0 Å². The summed E-state index contributed by atoms with van der Waals surface area (Å²) < 4.78 is 21.0. The van der Waals surface area contributed by atoms with Crippen molar-refractivity contribution in [3.63, 3.8) is 0 Å². The predicted octanol–water partition coefficient (Wildman–Crippen LogP) is 7.79. The van der Waals surface area contributed by atoms with Crippen LogP contribution in [0.1, 0.15) is 59.7 Å². The highest BCUT2D eigenvalue weighted by Crippen LogP contribution is 2.53. The normalized spacial score (nSPS) is 11.3. The van der Waals surface area contributed by atoms with E-state index in [1.54, 1.807) is 24.3 Å². The fourth-order valence-electron chi connectivity index (χ4n) is 5.19. The van der Waals surface area contributed by atoms with Gasteiger partial charge in [0.25, 0.3) is 0 Å². The number of carbonyl (C=O) groups excluding carboxylic acids is 2. The van der Waals surface area contributed by atoms with Gasteiger partial charge in [-0.25, -0.2) is 0 Å². The van der Waals surface area contributed by atoms with Crippen LogP contribution in [0.4, 0.5) is 0 Å². The minimum atomic E-state index is -4.32. The van der Waals surface area contributed by atoms with Gasteiger partial charge in [0.15, 0.2) is 0 Å². The van der Waals surface area contributed by atoms with Gasteiger partial charge >= 0.3 is 0 Å². The van der Waals surface area contributed by atoms with E-state index in [4.69, 9.17) is 4.74 Å². The van der Waals surface area contributed by atoms with E-state index in [0.717, 1.165) is 16.7 Å². The second-order valence-electron chi connectivity index (χ2n) is 10.0. The smallest absolute Gasteiger partial charge is 0.248 e. The Balaban J connectivity index is 1.88. The molecular formula is C33H33O4P. The predicted molar refractivity (Wildman–Crippen MR) is 154 cm³/mol. The monoisotopic (exact) mass is 524 g/mol. The molecule has 0 unspecified atom stereocenters. The highest BCUT2D eigenvalue weighted by Gasteiger charge is 2.45. The molecule has 0 heterocycles. The fourth-order valence-corrected chi connectivity index (χ4v) is 7.78. The van der Waals surface area contributed by atoms with Crippen molar-refractivity contribution in [1.82, 2.24) is 0 Å². The zero-order valence-corrected chi connectivity index (χ0v) is 23.7. The number of hydrogen-bond acceptors (Lipinski definition) is 4. The third-order valence-electron chi connectivity index (χ3n) is 6.78. The van der Waals surface area contributed by atoms with Gasteiger partial charge in [-0.3, -0.25) is 9.59 Å². The number of aryl methyl sites for hydroxylation is 6. The summed E-state index contributed by atoms with van der Waals surface area (Å²) >= 11 is 0. The number of ether oxygens (including phenoxy) is 1. The fraction of sp³-hybridized carbons (Fsp3) is 0.212. The first-order valence-electron chi connectivity index (χ1n) is 12.6. The Kier molecular flexibility index (Phi) is 7.85. The second kappa shape index (κ2) is 10.9. The van der Waals surface area contributed by atoms with Crippen molar-refractivity contribution in [2.24, 2.45) is 0 Å². The van der Waals surface area contributed by atoms with Gasteiger partial charge in [-0.2, -0.15) is 0 Å². The van der Waals surface area contributed by atoms with Crippen LogP contribution in [0, 0.1) is 41.5 Å². The van der Waals surface area contributed by atoms with Crippen molar-refractivity contribution in [3.8, 4) is 5.75 Å². The maximum absolute atomic E-state index is 15.1. The van der Waals surface area contributed by atoms with E-state index in [1.165, 1.54) is 0 Å². The SMILES string of the molecule is Cc1cc(C)c(C(=O)P(=O)(C(=O)c2c(C)cc(C)cc2C)c2cccc(OCc3ccccc3)c2)c(C)c1. The van der Waals surface area contributed by atoms with Crippen LogP contribution >= 0.6 is 7.14 Å². The van der Waals surface area contributed by atoms with Crippen LogP contribution in [-0.4, -0.2) is 11.0 Å². The van der Waals surface area contributed by atoms with Crippen LogP contribution in [0.5, 0.6) is 5.75 Å². The molecule has 38 heavy (non-hydrogen) atoms. The Morgan fingerprint density at radius 2 is 1.11 bits per heavy atom. The molecule has 0 atom stereocenters. The Labute approximate surface area is 225 Å². The highest BCUT2D eigenvalue weighted by molar-refractivity contribution is 8.01. The average molecular weight is 525 g/mol. The average Bonchev–Trinajstić information content (AvgIpc) is 2.86. The summed E-state index contributed by atoms with van der Waals surface area (Å²) in [6.07, 6.45) is 0. The number of hydrogen-bond donors (Lipinski definition) is 0. The summed E-state index contributed by atoms with van der Waals surface area (Å²) in [4.78, 5) is 28.6. The molecule has 0 aliphatic heterocycles. The third kappa shape index (κ3) is 5.28. The first-order chi connectivity index (χ1) is 18.0. The van der Waals surface area contributed by atoms with Gasteiger partial charge in [0.1, 0.15) is 12.4 Å². The van der Waals surface area contributed by atoms with Gasteiger partial charge in [0.05, 0.1) is 0 Å². The van der Waals surface area contributed by atoms with Crippen LogP contribution in [0.3, 0.4) is 0 Å². The van der Waals surface area contributed by atoms with Gasteiger partial charge in [-0.1, -0.05) is 77.9 Å². The van der Waals surface area contributed by atoms with Crippen LogP contribution in [0.25, 0.3) is 0 Å². The summed E-state index contributed by atoms with van der Waals surface area (Å²) in [7, 11) is -4.32. The van der Waals surface area contributed by atoms with Gasteiger partial charge in [0, 0.05) is 16.4 Å². The summed E-state index contributed by atoms with van der Waals surface area (Å²) in [5.74, 6) is 0.446. The van der Waals surface area contributed by atoms with Crippen molar-refractivity contribution in [3.05, 3.63) is 129 Å². The van der Waals surface area contributed by atoms with E-state index in [-0.39, 0.29) is 5.30 Å². The topological polar surface area (TPSA) is 60.4 Å². The lowest BCUT2D eigenvalue weighted by atomic mass is 10.0. The molecule has 0 saturated heterocycles. The molecule has 0 fully saturated rings. The van der Waals surface area contributed by atoms with Crippen molar-refractivity contribution < 1.29 is 18.9 Å². The van der Waals surface area contributed by atoms with E-state index >= 15 is 4.57 Å². The van der Waals surface area contributed by atoms with Crippen molar-refractivity contribution in [2.75, 3.05) is 0 Å². The summed E-state index contributed by atoms with van der Waals surface area (Å²) in [6.45, 7) is 11.5. The lowest BCUT2D eigenvalue weighted by Gasteiger charge is -2.22. The van der Waals surface area contributed by atoms with Gasteiger partial charge in [0.2, 0.25) is 18.2 Å². The van der Waals surface area contributed by atoms with E-state index < -0.39 is 18.2 Å². The maximum Gasteiger partial charge on any atom is 0.248 e. The Morgan fingerprint density at radius 3 is 1.58 bits per heavy atom. The lowest BCUT2D eigenvalue weighted by Crippen LogP contribution is -2.23. The highest BCUT2D eigenvalue weighted by atomic mass is 31.2. The molecule has 194 valence electrons. The second-order valence-corrected chi connectivity index (χ2v) is 12.6. The summed E-state index contributed by atoms with van der Waals surface area (Å²) in [6, 6.07) is 23.9. The molecule has 0 spiro atoms. The minimum Gasteiger partial charge on any atom is -0.489 e. The molecule has 0 amide bonds. The van der Waals surface area contributed by atoms with Crippen molar-refractivity contribution in [1.29, 1.82) is 0 Å². The summed E-state index contributed by atoms with van der Waals surface area (Å²) in [5.41, 5.74) is 5.18. The van der Waals surface area contributed by atoms with Gasteiger partial charge < -0.3 is 9.30 Å². The van der Waals surface area contributed by atoms with Gasteiger partial charge in [-0.15, -0.1) is 0 Å². The number of rotatable bonds is 8. The molecule has 0 saturated carbocycles. The minimum absolute atomic E-state index is 0.178. The molecule has 0 radical (unpaired) electrons. The Morgan fingerprint density at radius 1 is 0.632 bits per heavy atom. The first kappa shape index (κ1) is 27.3. The quantitative estimate of drug-likeness (QED) is 0.221. The molecule has 0 N–H and O–H groups in total. The largest absolute Gasteiger partial charge is 0.489 e. The van der Waals surface area contributed by atoms with Crippen LogP contribution in [0.15, 0.2) is 78.9 Å². The zero-order chi connectivity index (χ0) is 27.6. The number of carbonyl (C=O) groups is 2. The maximum atomic E-state index is 15.1. The van der Waals surface area contributed by atoms with Crippen molar-refractivity contribution in [2.45, 2.75) is 48.1 Å². The molecule has 0 bridgehead atoms. The summed E-state index contributed by atoms with van der Waals surface area (Å²) in [5, 5.41) is 0.178. The molecule has 4 aromatic rings. The Hall–Kier alpha value is -3.75. The van der Waals surface area contributed by atoms with E-state index in [1.807, 2.05) is 96.1 Å². The third-order valence-corrected chi connectivity index (χ3v) is 9.38. The molecule has 0 aliphatic rings. The molecule has 0 aromatic heterocycles. The zero-order valence-electron chi connectivity index (χ0n) is 22.8. The number of benzene rings is 4. The standard InChI is InChI=1S/C33H33O4P/c1-21-15-23(3)30(24(4)16-21)32(34)38(36,33(35)31-25(5)17-22(2)18-26(31)6)29-14-10-13-28(19-29)37-20-27-11-8-7-9-12-27/h7-19H,20H2,1-6H3. The molecule has 0 aliphatic carbocycles. The Bertz CT molecular complexity index is 1460. The van der Waals surface area contributed by atoms with Crippen LogP contribution in [-0.2, 0) is 11.2 Å². The molecule has 5 heteroatoms. The van der Waals surface area contributed by atoms with Gasteiger partial charge in [-0.05, 0) is 81.5 Å². The van der Waals surface area contributed by atoms with E-state index in [9.17, 15) is 9.59 Å². The van der Waals surface area contributed by atoms with Crippen molar-refractivity contribution >= 4 is 23.5 Å². The van der Waals surface area contributed by atoms with E-state index in [0.29, 0.717) is 45.7 Å². The van der Waals surface area contributed by atoms with Crippen LogP contribution in [0.2, 0.25) is 0 Å². The molecule has 4 nitrogen and oxygen atoms in total. The lowest BCUT2D eigenvalue weighted by molar-refractivity contribution is 0.104. The molecular weight excluding hydrogens is 491 g/mol. The first-order valence-corrected chi connectivity index (χ1v) is 14.4. The molecule has 4 rings (SSSR count). The molecule has 4 aromatic carbocycles.